The number of hydrogen-bond donors (Lipinski definition) is 1. The first-order valence-corrected chi connectivity index (χ1v) is 7.79. The molecule has 106 valence electrons. The van der Waals surface area contributed by atoms with E-state index >= 15 is 0 Å². The van der Waals surface area contributed by atoms with E-state index in [1.807, 2.05) is 0 Å². The Morgan fingerprint density at radius 2 is 2.05 bits per heavy atom. The number of nitrogens with zero attached hydrogens (tertiary/aromatic N) is 2. The van der Waals surface area contributed by atoms with Crippen molar-refractivity contribution in [2.75, 3.05) is 11.6 Å². The summed E-state index contributed by atoms with van der Waals surface area (Å²) in [6.45, 7) is 1.79. The molecule has 0 saturated heterocycles. The molecule has 1 unspecified atom stereocenters. The fraction of sp³-hybridized carbons (Fsp3) is 0.231. The normalized spacial score (nSPS) is 12.9. The van der Waals surface area contributed by atoms with Crippen LogP contribution in [0, 0.1) is 5.82 Å². The average Bonchev–Trinajstić information content (AvgIpc) is 2.41. The molecular formula is C13H14FN3O2S. The van der Waals surface area contributed by atoms with Crippen LogP contribution in [-0.2, 0) is 9.84 Å². The van der Waals surface area contributed by atoms with Gasteiger partial charge in [-0.1, -0.05) is 0 Å². The van der Waals surface area contributed by atoms with E-state index in [2.05, 4.69) is 15.3 Å². The molecule has 0 fully saturated rings. The molecule has 0 spiro atoms. The molecular weight excluding hydrogens is 281 g/mol. The standard InChI is InChI=1S/C13H14FN3O2S/c1-9(13-8-15-5-6-16-13)17-12-7-10(20(2,18)19)3-4-11(12)14/h3-9,17H,1-2H3. The molecule has 0 aliphatic heterocycles. The maximum absolute atomic E-state index is 13.7. The summed E-state index contributed by atoms with van der Waals surface area (Å²) in [5, 5.41) is 2.90. The monoisotopic (exact) mass is 295 g/mol. The van der Waals surface area contributed by atoms with Crippen molar-refractivity contribution in [1.29, 1.82) is 0 Å². The smallest absolute Gasteiger partial charge is 0.175 e. The Bertz CT molecular complexity index is 705. The Morgan fingerprint density at radius 3 is 2.65 bits per heavy atom. The van der Waals surface area contributed by atoms with Crippen LogP contribution in [0.3, 0.4) is 0 Å². The number of nitrogens with one attached hydrogen (secondary N) is 1. The molecule has 1 heterocycles. The van der Waals surface area contributed by atoms with Crippen molar-refractivity contribution in [3.8, 4) is 0 Å². The predicted octanol–water partition coefficient (Wildman–Crippen LogP) is 2.19. The van der Waals surface area contributed by atoms with Gasteiger partial charge in [-0.15, -0.1) is 0 Å². The van der Waals surface area contributed by atoms with E-state index in [0.717, 1.165) is 12.3 Å². The van der Waals surface area contributed by atoms with E-state index in [9.17, 15) is 12.8 Å². The van der Waals surface area contributed by atoms with Crippen molar-refractivity contribution >= 4 is 15.5 Å². The van der Waals surface area contributed by atoms with E-state index in [0.29, 0.717) is 5.69 Å². The van der Waals surface area contributed by atoms with Crippen LogP contribution < -0.4 is 5.32 Å². The highest BCUT2D eigenvalue weighted by Gasteiger charge is 2.14. The van der Waals surface area contributed by atoms with E-state index < -0.39 is 15.7 Å². The summed E-state index contributed by atoms with van der Waals surface area (Å²) in [7, 11) is -3.38. The third-order valence-electron chi connectivity index (χ3n) is 2.76. The Hall–Kier alpha value is -2.02. The summed E-state index contributed by atoms with van der Waals surface area (Å²) in [5.74, 6) is -0.520. The van der Waals surface area contributed by atoms with Crippen LogP contribution in [0.25, 0.3) is 0 Å². The van der Waals surface area contributed by atoms with E-state index in [4.69, 9.17) is 0 Å². The predicted molar refractivity (Wildman–Crippen MR) is 73.6 cm³/mol. The number of rotatable bonds is 4. The lowest BCUT2D eigenvalue weighted by Gasteiger charge is -2.15. The van der Waals surface area contributed by atoms with Gasteiger partial charge in [0, 0.05) is 18.6 Å². The molecule has 1 aromatic carbocycles. The summed E-state index contributed by atoms with van der Waals surface area (Å²) in [6, 6.07) is 3.34. The second-order valence-electron chi connectivity index (χ2n) is 4.41. The molecule has 1 aromatic heterocycles. The third-order valence-corrected chi connectivity index (χ3v) is 3.88. The van der Waals surface area contributed by atoms with Gasteiger partial charge < -0.3 is 5.32 Å². The van der Waals surface area contributed by atoms with E-state index in [1.54, 1.807) is 19.3 Å². The van der Waals surface area contributed by atoms with Gasteiger partial charge in [0.25, 0.3) is 0 Å². The Kier molecular flexibility index (Phi) is 3.99. The van der Waals surface area contributed by atoms with Gasteiger partial charge >= 0.3 is 0 Å². The van der Waals surface area contributed by atoms with Crippen molar-refractivity contribution < 1.29 is 12.8 Å². The first-order chi connectivity index (χ1) is 9.38. The fourth-order valence-corrected chi connectivity index (χ4v) is 2.33. The van der Waals surface area contributed by atoms with Gasteiger partial charge in [0.2, 0.25) is 0 Å². The van der Waals surface area contributed by atoms with Gasteiger partial charge in [-0.25, -0.2) is 12.8 Å². The highest BCUT2D eigenvalue weighted by atomic mass is 32.2. The number of anilines is 1. The van der Waals surface area contributed by atoms with Gasteiger partial charge in [0.1, 0.15) is 5.82 Å². The molecule has 7 heteroatoms. The first-order valence-electron chi connectivity index (χ1n) is 5.90. The van der Waals surface area contributed by atoms with Crippen LogP contribution in [-0.4, -0.2) is 24.6 Å². The molecule has 2 rings (SSSR count). The van der Waals surface area contributed by atoms with Crippen molar-refractivity contribution in [2.24, 2.45) is 0 Å². The Balaban J connectivity index is 2.30. The van der Waals surface area contributed by atoms with Crippen molar-refractivity contribution in [2.45, 2.75) is 17.9 Å². The molecule has 0 radical (unpaired) electrons. The second kappa shape index (κ2) is 5.54. The SMILES string of the molecule is CC(Nc1cc(S(C)(=O)=O)ccc1F)c1cnccn1. The van der Waals surface area contributed by atoms with Gasteiger partial charge in [-0.2, -0.15) is 0 Å². The Morgan fingerprint density at radius 1 is 1.30 bits per heavy atom. The fourth-order valence-electron chi connectivity index (χ4n) is 1.69. The van der Waals surface area contributed by atoms with Gasteiger partial charge in [0.15, 0.2) is 9.84 Å². The van der Waals surface area contributed by atoms with Crippen LogP contribution in [0.2, 0.25) is 0 Å². The molecule has 2 aromatic rings. The molecule has 1 atom stereocenters. The number of sulfone groups is 1. The minimum absolute atomic E-state index is 0.0627. The molecule has 0 amide bonds. The van der Waals surface area contributed by atoms with Gasteiger partial charge in [-0.05, 0) is 25.1 Å². The maximum atomic E-state index is 13.7. The molecule has 1 N–H and O–H groups in total. The summed E-state index contributed by atoms with van der Waals surface area (Å²) in [5.41, 5.74) is 0.753. The van der Waals surface area contributed by atoms with Crippen LogP contribution in [0.4, 0.5) is 10.1 Å². The largest absolute Gasteiger partial charge is 0.374 e. The number of halogens is 1. The average molecular weight is 295 g/mol. The lowest BCUT2D eigenvalue weighted by molar-refractivity contribution is 0.600. The van der Waals surface area contributed by atoms with Crippen molar-refractivity contribution in [1.82, 2.24) is 9.97 Å². The van der Waals surface area contributed by atoms with Crippen LogP contribution in [0.1, 0.15) is 18.7 Å². The molecule has 0 aliphatic rings. The first kappa shape index (κ1) is 14.4. The summed E-state index contributed by atoms with van der Waals surface area (Å²) >= 11 is 0. The number of aromatic nitrogens is 2. The van der Waals surface area contributed by atoms with Crippen molar-refractivity contribution in [3.05, 3.63) is 48.3 Å². The lowest BCUT2D eigenvalue weighted by atomic mass is 10.2. The zero-order valence-corrected chi connectivity index (χ0v) is 11.9. The van der Waals surface area contributed by atoms with Crippen LogP contribution in [0.5, 0.6) is 0 Å². The number of benzene rings is 1. The molecule has 0 bridgehead atoms. The zero-order valence-electron chi connectivity index (χ0n) is 11.0. The highest BCUT2D eigenvalue weighted by Crippen LogP contribution is 2.23. The molecule has 0 aliphatic carbocycles. The van der Waals surface area contributed by atoms with Gasteiger partial charge in [0.05, 0.1) is 28.5 Å². The minimum atomic E-state index is -3.38. The molecule has 5 nitrogen and oxygen atoms in total. The molecule has 20 heavy (non-hydrogen) atoms. The highest BCUT2D eigenvalue weighted by molar-refractivity contribution is 7.90. The lowest BCUT2D eigenvalue weighted by Crippen LogP contribution is -2.10. The second-order valence-corrected chi connectivity index (χ2v) is 6.43. The molecule has 0 saturated carbocycles. The minimum Gasteiger partial charge on any atom is -0.374 e. The number of hydrogen-bond acceptors (Lipinski definition) is 5. The quantitative estimate of drug-likeness (QED) is 0.875. The van der Waals surface area contributed by atoms with E-state index in [-0.39, 0.29) is 16.6 Å². The topological polar surface area (TPSA) is 72.0 Å². The Labute approximate surface area is 116 Å². The van der Waals surface area contributed by atoms with E-state index in [1.165, 1.54) is 18.3 Å². The van der Waals surface area contributed by atoms with Crippen molar-refractivity contribution in [3.63, 3.8) is 0 Å². The third kappa shape index (κ3) is 3.30. The van der Waals surface area contributed by atoms with Gasteiger partial charge in [-0.3, -0.25) is 9.97 Å². The summed E-state index contributed by atoms with van der Waals surface area (Å²) in [6.07, 6.45) is 5.73. The zero-order chi connectivity index (χ0) is 14.8. The maximum Gasteiger partial charge on any atom is 0.175 e. The summed E-state index contributed by atoms with van der Waals surface area (Å²) in [4.78, 5) is 8.11. The van der Waals surface area contributed by atoms with Crippen LogP contribution in [0.15, 0.2) is 41.7 Å². The summed E-state index contributed by atoms with van der Waals surface area (Å²) < 4.78 is 36.7. The van der Waals surface area contributed by atoms with Crippen LogP contribution >= 0.6 is 0 Å².